The molecule has 1 fully saturated rings. The Balaban J connectivity index is 2.56. The number of phosphoric ester groups is 1. The molecule has 0 amide bonds. The van der Waals surface area contributed by atoms with Crippen LogP contribution in [-0.4, -0.2) is 88.1 Å². The highest BCUT2D eigenvalue weighted by atomic mass is 31.2. The van der Waals surface area contributed by atoms with Crippen LogP contribution in [0, 0.1) is 11.8 Å². The second-order valence-corrected chi connectivity index (χ2v) is 16.3. The van der Waals surface area contributed by atoms with Crippen molar-refractivity contribution >= 4 is 31.5 Å². The predicted octanol–water partition coefficient (Wildman–Crippen LogP) is 7.76. The summed E-state index contributed by atoms with van der Waals surface area (Å²) in [6, 6.07) is -1.57. The summed E-state index contributed by atoms with van der Waals surface area (Å²) in [5, 5.41) is 29.6. The topological polar surface area (TPSA) is 229 Å². The van der Waals surface area contributed by atoms with Gasteiger partial charge in [0.25, 0.3) is 0 Å². The maximum atomic E-state index is 12.6. The predicted molar refractivity (Wildman–Crippen MR) is 227 cm³/mol. The average Bonchev–Trinajstić information content (AvgIpc) is 3.47. The molecule has 0 aliphatic heterocycles. The van der Waals surface area contributed by atoms with Crippen molar-refractivity contribution in [3.8, 4) is 0 Å². The third kappa shape index (κ3) is 28.0. The molecule has 0 radical (unpaired) electrons. The monoisotopic (exact) mass is 853 g/mol. The van der Waals surface area contributed by atoms with Gasteiger partial charge >= 0.3 is 25.7 Å². The zero-order valence-electron chi connectivity index (χ0n) is 35.3. The van der Waals surface area contributed by atoms with Gasteiger partial charge in [-0.1, -0.05) is 107 Å². The maximum absolute atomic E-state index is 12.6. The maximum Gasteiger partial charge on any atom is 0.472 e. The van der Waals surface area contributed by atoms with E-state index in [-0.39, 0.29) is 31.0 Å². The Hall–Kier alpha value is -3.23. The van der Waals surface area contributed by atoms with Crippen molar-refractivity contribution in [1.29, 1.82) is 0 Å². The van der Waals surface area contributed by atoms with E-state index in [1.54, 1.807) is 12.2 Å². The van der Waals surface area contributed by atoms with Crippen molar-refractivity contribution in [1.82, 2.24) is 0 Å². The van der Waals surface area contributed by atoms with Gasteiger partial charge in [-0.15, -0.1) is 0 Å². The van der Waals surface area contributed by atoms with Crippen molar-refractivity contribution in [3.63, 3.8) is 0 Å². The molecule has 1 saturated carbocycles. The molecule has 1 rings (SSSR count). The number of aliphatic hydroxyl groups is 2. The fourth-order valence-electron chi connectivity index (χ4n) is 6.11. The fraction of sp³-hybridized carbons (Fsp3) is 0.682. The molecule has 0 saturated heterocycles. The van der Waals surface area contributed by atoms with Crippen LogP contribution in [0.1, 0.15) is 136 Å². The van der Waals surface area contributed by atoms with E-state index in [2.05, 4.69) is 54.8 Å². The average molecular weight is 854 g/mol. The minimum absolute atomic E-state index is 0.0163. The first-order chi connectivity index (χ1) is 28.3. The van der Waals surface area contributed by atoms with E-state index in [1.807, 2.05) is 12.2 Å². The number of hydrogen-bond acceptors (Lipinski definition) is 12. The number of phosphoric acid groups is 1. The molecule has 59 heavy (non-hydrogen) atoms. The zero-order valence-corrected chi connectivity index (χ0v) is 36.2. The third-order valence-corrected chi connectivity index (χ3v) is 10.6. The molecule has 6 N–H and O–H groups in total. The molecule has 336 valence electrons. The summed E-state index contributed by atoms with van der Waals surface area (Å²) < 4.78 is 32.6. The summed E-state index contributed by atoms with van der Waals surface area (Å²) in [5.74, 6) is -3.47. The molecule has 0 aromatic carbocycles. The number of carboxylic acids is 1. The van der Waals surface area contributed by atoms with Crippen LogP contribution in [0.4, 0.5) is 0 Å². The number of Topliss-reactive ketones (excluding diaryl/α,β-unsaturated/α-hetero) is 1. The van der Waals surface area contributed by atoms with Crippen molar-refractivity contribution in [2.24, 2.45) is 17.6 Å². The molecule has 15 heteroatoms. The van der Waals surface area contributed by atoms with Gasteiger partial charge < -0.3 is 35.4 Å². The van der Waals surface area contributed by atoms with Gasteiger partial charge in [0, 0.05) is 31.1 Å². The summed E-state index contributed by atoms with van der Waals surface area (Å²) in [5.41, 5.74) is 5.32. The Morgan fingerprint density at radius 1 is 0.797 bits per heavy atom. The van der Waals surface area contributed by atoms with Gasteiger partial charge in [-0.05, 0) is 70.6 Å². The van der Waals surface area contributed by atoms with Crippen molar-refractivity contribution in [2.75, 3.05) is 19.8 Å². The van der Waals surface area contributed by atoms with Crippen LogP contribution < -0.4 is 5.73 Å². The van der Waals surface area contributed by atoms with Crippen LogP contribution in [0.2, 0.25) is 0 Å². The lowest BCUT2D eigenvalue weighted by molar-refractivity contribution is -0.161. The molecule has 0 heterocycles. The first kappa shape index (κ1) is 53.8. The van der Waals surface area contributed by atoms with Crippen LogP contribution in [-0.2, 0) is 42.3 Å². The highest BCUT2D eigenvalue weighted by molar-refractivity contribution is 7.47. The Morgan fingerprint density at radius 2 is 1.37 bits per heavy atom. The van der Waals surface area contributed by atoms with Crippen LogP contribution in [0.15, 0.2) is 60.8 Å². The van der Waals surface area contributed by atoms with Gasteiger partial charge in [0.1, 0.15) is 18.4 Å². The second kappa shape index (κ2) is 33.5. The summed E-state index contributed by atoms with van der Waals surface area (Å²) in [7, 11) is -4.79. The fourth-order valence-corrected chi connectivity index (χ4v) is 6.89. The Labute approximate surface area is 351 Å². The number of ether oxygens (including phenoxy) is 2. The Kier molecular flexibility index (Phi) is 30.5. The molecular weight excluding hydrogens is 781 g/mol. The summed E-state index contributed by atoms with van der Waals surface area (Å²) in [4.78, 5) is 58.6. The number of carbonyl (C=O) groups is 4. The first-order valence-electron chi connectivity index (χ1n) is 21.4. The summed E-state index contributed by atoms with van der Waals surface area (Å²) in [6.45, 7) is 2.33. The first-order valence-corrected chi connectivity index (χ1v) is 22.9. The van der Waals surface area contributed by atoms with Crippen molar-refractivity contribution < 1.29 is 62.5 Å². The minimum atomic E-state index is -4.79. The standard InChI is InChI=1S/C44H72NO13P/c1-3-5-7-8-9-10-11-12-13-14-15-16-17-18-24-28-43(50)58-36(33-56-59(53,54)57-34-39(45)44(51)52)32-55-42(49)27-23-20-19-22-26-37-38(41(48)31-40(37)47)30-29-35(46)25-21-6-4-2/h9-10,12-13,15-16,19,22,29-30,35-39,41,46,48H,3-8,11,14,17-18,20-21,23-28,31-34,45H2,1-2H3,(H,51,52)(H,53,54)/b10-9-,13-12-,16-15-,22-19-,30-29+/t35-,36+,37+,38+,39-,41+/m0/s1. The number of esters is 2. The van der Waals surface area contributed by atoms with Gasteiger partial charge in [0.15, 0.2) is 6.10 Å². The van der Waals surface area contributed by atoms with E-state index in [9.17, 15) is 38.8 Å². The van der Waals surface area contributed by atoms with Gasteiger partial charge in [-0.25, -0.2) is 4.57 Å². The lowest BCUT2D eigenvalue weighted by Gasteiger charge is -2.20. The number of ketones is 1. The number of carbonyl (C=O) groups excluding carboxylic acids is 3. The van der Waals surface area contributed by atoms with E-state index < -0.39 is 75.8 Å². The molecule has 14 nitrogen and oxygen atoms in total. The highest BCUT2D eigenvalue weighted by Crippen LogP contribution is 2.43. The molecule has 1 aliphatic rings. The molecule has 0 aromatic heterocycles. The third-order valence-electron chi connectivity index (χ3n) is 9.61. The number of nitrogens with two attached hydrogens (primary N) is 1. The van der Waals surface area contributed by atoms with Gasteiger partial charge in [0.05, 0.1) is 25.4 Å². The largest absolute Gasteiger partial charge is 0.480 e. The minimum Gasteiger partial charge on any atom is -0.480 e. The van der Waals surface area contributed by atoms with E-state index in [0.717, 1.165) is 51.4 Å². The SMILES string of the molecule is CCCCC/C=C\C/C=C\C/C=C\CCCCC(=O)O[C@H](COC(=O)CCC/C=C\C[C@H]1C(=O)C[C@@H](O)[C@@H]1/C=C/[C@@H](O)CCCCC)COP(=O)(O)OC[C@H](N)C(=O)O. The molecule has 7 atom stereocenters. The number of aliphatic hydroxyl groups excluding tert-OH is 2. The Morgan fingerprint density at radius 3 is 2.03 bits per heavy atom. The molecule has 0 aromatic rings. The quantitative estimate of drug-likeness (QED) is 0.0178. The lowest BCUT2D eigenvalue weighted by Crippen LogP contribution is -2.34. The van der Waals surface area contributed by atoms with Crippen LogP contribution in [0.5, 0.6) is 0 Å². The van der Waals surface area contributed by atoms with Gasteiger partial charge in [0.2, 0.25) is 0 Å². The van der Waals surface area contributed by atoms with Crippen molar-refractivity contribution in [3.05, 3.63) is 60.8 Å². The van der Waals surface area contributed by atoms with E-state index >= 15 is 0 Å². The molecule has 1 aliphatic carbocycles. The summed E-state index contributed by atoms with van der Waals surface area (Å²) >= 11 is 0. The van der Waals surface area contributed by atoms with Crippen LogP contribution in [0.25, 0.3) is 0 Å². The number of carboxylic acid groups (broad SMARTS) is 1. The number of allylic oxidation sites excluding steroid dienone is 8. The molecular formula is C44H72NO13P. The molecule has 0 bridgehead atoms. The molecule has 0 spiro atoms. The van der Waals surface area contributed by atoms with Gasteiger partial charge in [-0.3, -0.25) is 28.2 Å². The zero-order chi connectivity index (χ0) is 43.7. The van der Waals surface area contributed by atoms with Crippen molar-refractivity contribution in [2.45, 2.75) is 160 Å². The number of hydrogen-bond donors (Lipinski definition) is 5. The highest BCUT2D eigenvalue weighted by Gasteiger charge is 2.39. The number of aliphatic carboxylic acids is 1. The normalized spacial score (nSPS) is 20.0. The number of unbranched alkanes of at least 4 members (excludes halogenated alkanes) is 8. The second-order valence-electron chi connectivity index (χ2n) is 14.9. The van der Waals surface area contributed by atoms with Crippen LogP contribution >= 0.6 is 7.82 Å². The van der Waals surface area contributed by atoms with Gasteiger partial charge in [-0.2, -0.15) is 0 Å². The van der Waals surface area contributed by atoms with E-state index in [1.165, 1.54) is 19.3 Å². The number of rotatable bonds is 35. The lowest BCUT2D eigenvalue weighted by atomic mass is 9.90. The van der Waals surface area contributed by atoms with E-state index in [4.69, 9.17) is 24.8 Å². The summed E-state index contributed by atoms with van der Waals surface area (Å²) in [6.07, 6.45) is 30.9. The molecule has 1 unspecified atom stereocenters. The van der Waals surface area contributed by atoms with E-state index in [0.29, 0.717) is 32.1 Å². The smallest absolute Gasteiger partial charge is 0.472 e. The Bertz CT molecular complexity index is 1390. The van der Waals surface area contributed by atoms with Crippen LogP contribution in [0.3, 0.4) is 0 Å².